The normalized spacial score (nSPS) is 21.6. The Morgan fingerprint density at radius 2 is 2.06 bits per heavy atom. The molecule has 0 spiro atoms. The molecule has 16 heavy (non-hydrogen) atoms. The number of thioether (sulfide) groups is 1. The monoisotopic (exact) mass is 266 g/mol. The van der Waals surface area contributed by atoms with Gasteiger partial charge >= 0.3 is 0 Å². The SMILES string of the molecule is CCSCCN(CC)C1CCCNCC1.Cl. The average molecular weight is 267 g/mol. The first-order chi connectivity index (χ1) is 7.38. The highest BCUT2D eigenvalue weighted by Crippen LogP contribution is 2.14. The van der Waals surface area contributed by atoms with Gasteiger partial charge in [0.1, 0.15) is 0 Å². The lowest BCUT2D eigenvalue weighted by molar-refractivity contribution is 0.203. The standard InChI is InChI=1S/C12H26N2S.ClH/c1-3-14(10-11-15-4-2)12-6-5-8-13-9-7-12;/h12-13H,3-11H2,1-2H3;1H. The molecule has 1 fully saturated rings. The molecule has 0 aromatic carbocycles. The van der Waals surface area contributed by atoms with Gasteiger partial charge in [-0.25, -0.2) is 0 Å². The summed E-state index contributed by atoms with van der Waals surface area (Å²) in [5, 5.41) is 3.49. The van der Waals surface area contributed by atoms with E-state index in [-0.39, 0.29) is 12.4 Å². The summed E-state index contributed by atoms with van der Waals surface area (Å²) < 4.78 is 0. The fraction of sp³-hybridized carbons (Fsp3) is 1.00. The maximum absolute atomic E-state index is 3.49. The van der Waals surface area contributed by atoms with Crippen molar-refractivity contribution in [3.05, 3.63) is 0 Å². The van der Waals surface area contributed by atoms with Crippen molar-refractivity contribution in [2.75, 3.05) is 37.7 Å². The van der Waals surface area contributed by atoms with Gasteiger partial charge in [0, 0.05) is 18.3 Å². The summed E-state index contributed by atoms with van der Waals surface area (Å²) in [6.07, 6.45) is 4.07. The molecule has 0 bridgehead atoms. The molecule has 1 heterocycles. The minimum absolute atomic E-state index is 0. The van der Waals surface area contributed by atoms with E-state index in [2.05, 4.69) is 35.8 Å². The van der Waals surface area contributed by atoms with Gasteiger partial charge in [-0.2, -0.15) is 11.8 Å². The van der Waals surface area contributed by atoms with Crippen molar-refractivity contribution in [2.24, 2.45) is 0 Å². The third kappa shape index (κ3) is 6.33. The van der Waals surface area contributed by atoms with Crippen molar-refractivity contribution in [1.82, 2.24) is 10.2 Å². The van der Waals surface area contributed by atoms with E-state index in [1.807, 2.05) is 0 Å². The molecule has 0 aromatic rings. The number of halogens is 1. The fourth-order valence-electron chi connectivity index (χ4n) is 2.29. The Morgan fingerprint density at radius 1 is 1.25 bits per heavy atom. The van der Waals surface area contributed by atoms with E-state index in [0.29, 0.717) is 0 Å². The Kier molecular flexibility index (Phi) is 11.1. The van der Waals surface area contributed by atoms with Gasteiger partial charge in [0.2, 0.25) is 0 Å². The predicted octanol–water partition coefficient (Wildman–Crippen LogP) is 2.63. The van der Waals surface area contributed by atoms with Crippen LogP contribution in [0.4, 0.5) is 0 Å². The molecule has 1 aliphatic heterocycles. The van der Waals surface area contributed by atoms with Crippen LogP contribution in [0.5, 0.6) is 0 Å². The molecule has 1 N–H and O–H groups in total. The van der Waals surface area contributed by atoms with Crippen LogP contribution in [-0.2, 0) is 0 Å². The summed E-state index contributed by atoms with van der Waals surface area (Å²) in [6.45, 7) is 9.47. The average Bonchev–Trinajstić information content (AvgIpc) is 2.53. The molecule has 0 saturated carbocycles. The number of nitrogens with zero attached hydrogens (tertiary/aromatic N) is 1. The van der Waals surface area contributed by atoms with Crippen LogP contribution in [-0.4, -0.2) is 48.6 Å². The highest BCUT2D eigenvalue weighted by molar-refractivity contribution is 7.99. The van der Waals surface area contributed by atoms with Crippen LogP contribution >= 0.6 is 24.2 Å². The molecule has 1 saturated heterocycles. The minimum Gasteiger partial charge on any atom is -0.317 e. The zero-order chi connectivity index (χ0) is 10.9. The largest absolute Gasteiger partial charge is 0.317 e. The van der Waals surface area contributed by atoms with Crippen LogP contribution in [0.25, 0.3) is 0 Å². The zero-order valence-electron chi connectivity index (χ0n) is 10.7. The van der Waals surface area contributed by atoms with Crippen LogP contribution in [0.1, 0.15) is 33.1 Å². The molecular weight excluding hydrogens is 240 g/mol. The van der Waals surface area contributed by atoms with Gasteiger partial charge in [-0.3, -0.25) is 4.90 Å². The second-order valence-electron chi connectivity index (χ2n) is 4.16. The molecule has 1 atom stereocenters. The number of hydrogen-bond acceptors (Lipinski definition) is 3. The number of rotatable bonds is 6. The number of hydrogen-bond donors (Lipinski definition) is 1. The summed E-state index contributed by atoms with van der Waals surface area (Å²) in [4.78, 5) is 2.68. The quantitative estimate of drug-likeness (QED) is 0.744. The van der Waals surface area contributed by atoms with Gasteiger partial charge < -0.3 is 5.32 Å². The van der Waals surface area contributed by atoms with Crippen LogP contribution < -0.4 is 5.32 Å². The maximum atomic E-state index is 3.49. The van der Waals surface area contributed by atoms with Crippen molar-refractivity contribution in [3.8, 4) is 0 Å². The second-order valence-corrected chi connectivity index (χ2v) is 5.55. The molecule has 1 aliphatic rings. The third-order valence-corrected chi connectivity index (χ3v) is 4.07. The minimum atomic E-state index is 0. The van der Waals surface area contributed by atoms with E-state index >= 15 is 0 Å². The van der Waals surface area contributed by atoms with E-state index in [1.165, 1.54) is 56.9 Å². The lowest BCUT2D eigenvalue weighted by Gasteiger charge is -2.29. The van der Waals surface area contributed by atoms with Crippen LogP contribution in [0.15, 0.2) is 0 Å². The van der Waals surface area contributed by atoms with Crippen molar-refractivity contribution >= 4 is 24.2 Å². The van der Waals surface area contributed by atoms with Gasteiger partial charge in [-0.1, -0.05) is 13.8 Å². The Morgan fingerprint density at radius 3 is 2.75 bits per heavy atom. The maximum Gasteiger partial charge on any atom is 0.0108 e. The smallest absolute Gasteiger partial charge is 0.0108 e. The lowest BCUT2D eigenvalue weighted by Crippen LogP contribution is -2.37. The van der Waals surface area contributed by atoms with E-state index in [9.17, 15) is 0 Å². The third-order valence-electron chi connectivity index (χ3n) is 3.19. The Hall–Kier alpha value is 0.560. The first-order valence-electron chi connectivity index (χ1n) is 6.41. The van der Waals surface area contributed by atoms with E-state index in [0.717, 1.165) is 6.04 Å². The van der Waals surface area contributed by atoms with Crippen molar-refractivity contribution in [3.63, 3.8) is 0 Å². The number of nitrogens with one attached hydrogen (secondary N) is 1. The summed E-state index contributed by atoms with van der Waals surface area (Å²) in [5.41, 5.74) is 0. The topological polar surface area (TPSA) is 15.3 Å². The Balaban J connectivity index is 0.00000225. The summed E-state index contributed by atoms with van der Waals surface area (Å²) in [5.74, 6) is 2.55. The van der Waals surface area contributed by atoms with Crippen molar-refractivity contribution < 1.29 is 0 Å². The van der Waals surface area contributed by atoms with E-state index < -0.39 is 0 Å². The van der Waals surface area contributed by atoms with Gasteiger partial charge in [0.25, 0.3) is 0 Å². The zero-order valence-corrected chi connectivity index (χ0v) is 12.3. The van der Waals surface area contributed by atoms with Crippen molar-refractivity contribution in [2.45, 2.75) is 39.2 Å². The lowest BCUT2D eigenvalue weighted by atomic mass is 10.1. The summed E-state index contributed by atoms with van der Waals surface area (Å²) >= 11 is 2.06. The first kappa shape index (κ1) is 16.6. The van der Waals surface area contributed by atoms with Gasteiger partial charge in [-0.05, 0) is 44.6 Å². The Bertz CT molecular complexity index is 150. The van der Waals surface area contributed by atoms with E-state index in [1.54, 1.807) is 0 Å². The van der Waals surface area contributed by atoms with Gasteiger partial charge in [0.15, 0.2) is 0 Å². The van der Waals surface area contributed by atoms with Gasteiger partial charge in [-0.15, -0.1) is 12.4 Å². The first-order valence-corrected chi connectivity index (χ1v) is 7.56. The van der Waals surface area contributed by atoms with Crippen LogP contribution in [0, 0.1) is 0 Å². The molecule has 4 heteroatoms. The molecule has 1 rings (SSSR count). The van der Waals surface area contributed by atoms with E-state index in [4.69, 9.17) is 0 Å². The molecular formula is C12H27ClN2S. The summed E-state index contributed by atoms with van der Waals surface area (Å²) in [7, 11) is 0. The highest BCUT2D eigenvalue weighted by Gasteiger charge is 2.17. The second kappa shape index (κ2) is 10.7. The molecule has 0 aliphatic carbocycles. The van der Waals surface area contributed by atoms with Crippen LogP contribution in [0.2, 0.25) is 0 Å². The molecule has 0 aromatic heterocycles. The van der Waals surface area contributed by atoms with Crippen LogP contribution in [0.3, 0.4) is 0 Å². The molecule has 0 amide bonds. The summed E-state index contributed by atoms with van der Waals surface area (Å²) in [6, 6.07) is 0.836. The fourth-order valence-corrected chi connectivity index (χ4v) is 2.94. The van der Waals surface area contributed by atoms with Gasteiger partial charge in [0.05, 0.1) is 0 Å². The molecule has 2 nitrogen and oxygen atoms in total. The predicted molar refractivity (Wildman–Crippen MR) is 78.0 cm³/mol. The van der Waals surface area contributed by atoms with Crippen molar-refractivity contribution in [1.29, 1.82) is 0 Å². The Labute approximate surface area is 111 Å². The molecule has 1 unspecified atom stereocenters. The highest BCUT2D eigenvalue weighted by atomic mass is 35.5. The molecule has 98 valence electrons. The molecule has 0 radical (unpaired) electrons.